The fourth-order valence-electron chi connectivity index (χ4n) is 4.38. The lowest BCUT2D eigenvalue weighted by Crippen LogP contribution is -2.53. The highest BCUT2D eigenvalue weighted by molar-refractivity contribution is 7.92. The number of ether oxygens (including phenoxy) is 2. The average molecular weight is 616 g/mol. The van der Waals surface area contributed by atoms with Crippen LogP contribution in [-0.4, -0.2) is 58.0 Å². The third kappa shape index (κ3) is 7.95. The molecule has 0 radical (unpaired) electrons. The van der Waals surface area contributed by atoms with E-state index in [9.17, 15) is 18.0 Å². The first kappa shape index (κ1) is 32.8. The summed E-state index contributed by atoms with van der Waals surface area (Å²) < 4.78 is 39.7. The van der Waals surface area contributed by atoms with E-state index >= 15 is 0 Å². The predicted molar refractivity (Wildman–Crippen MR) is 164 cm³/mol. The van der Waals surface area contributed by atoms with Gasteiger partial charge < -0.3 is 19.7 Å². The summed E-state index contributed by atoms with van der Waals surface area (Å²) in [6.45, 7) is 5.13. The van der Waals surface area contributed by atoms with Crippen LogP contribution in [0.4, 0.5) is 5.69 Å². The van der Waals surface area contributed by atoms with Gasteiger partial charge in [0.1, 0.15) is 24.1 Å². The van der Waals surface area contributed by atoms with Crippen LogP contribution in [0.2, 0.25) is 5.02 Å². The number of amides is 2. The van der Waals surface area contributed by atoms with Crippen molar-refractivity contribution in [3.63, 3.8) is 0 Å². The second-order valence-corrected chi connectivity index (χ2v) is 12.1. The Morgan fingerprint density at radius 3 is 2.17 bits per heavy atom. The highest BCUT2D eigenvalue weighted by Crippen LogP contribution is 2.35. The fourth-order valence-corrected chi connectivity index (χ4v) is 5.98. The minimum atomic E-state index is -4.26. The van der Waals surface area contributed by atoms with Gasteiger partial charge in [0.15, 0.2) is 0 Å². The summed E-state index contributed by atoms with van der Waals surface area (Å²) in [4.78, 5) is 29.0. The van der Waals surface area contributed by atoms with Crippen LogP contribution in [-0.2, 0) is 26.2 Å². The van der Waals surface area contributed by atoms with Crippen molar-refractivity contribution in [2.45, 2.75) is 57.1 Å². The maximum absolute atomic E-state index is 14.2. The summed E-state index contributed by atoms with van der Waals surface area (Å²) >= 11 is 6.29. The van der Waals surface area contributed by atoms with Gasteiger partial charge in [-0.25, -0.2) is 8.42 Å². The van der Waals surface area contributed by atoms with Gasteiger partial charge in [-0.1, -0.05) is 55.8 Å². The van der Waals surface area contributed by atoms with Crippen molar-refractivity contribution in [2.24, 2.45) is 0 Å². The first-order valence-electron chi connectivity index (χ1n) is 13.7. The highest BCUT2D eigenvalue weighted by atomic mass is 35.5. The smallest absolute Gasteiger partial charge is 0.264 e. The normalized spacial score (nSPS) is 12.6. The van der Waals surface area contributed by atoms with Gasteiger partial charge in [0.05, 0.1) is 24.8 Å². The van der Waals surface area contributed by atoms with Gasteiger partial charge in [-0.15, -0.1) is 0 Å². The van der Waals surface area contributed by atoms with Crippen molar-refractivity contribution in [2.75, 3.05) is 25.1 Å². The van der Waals surface area contributed by atoms with E-state index in [-0.39, 0.29) is 39.8 Å². The molecule has 2 atom stereocenters. The average Bonchev–Trinajstić information content (AvgIpc) is 3.00. The SMILES string of the molecule is CC[C@H](C(=O)N[C@@H](C)CC)N(Cc1ccc(OC)cc1)C(=O)CN(c1cc(Cl)ccc1OC)S(=O)(=O)c1ccccc1. The lowest BCUT2D eigenvalue weighted by molar-refractivity contribution is -0.140. The molecule has 9 nitrogen and oxygen atoms in total. The molecule has 0 spiro atoms. The zero-order valence-electron chi connectivity index (χ0n) is 24.5. The molecule has 11 heteroatoms. The molecule has 42 heavy (non-hydrogen) atoms. The number of benzene rings is 3. The van der Waals surface area contributed by atoms with Crippen LogP contribution >= 0.6 is 11.6 Å². The standard InChI is InChI=1S/C31H38ClN3O6S/c1-6-22(3)33-31(37)27(7-2)34(20-23-13-16-25(40-4)17-14-23)30(36)21-35(28-19-24(32)15-18-29(28)41-5)42(38,39)26-11-9-8-10-12-26/h8-19,22,27H,6-7,20-21H2,1-5H3,(H,33,37)/t22-,27+/m0/s1. The minimum Gasteiger partial charge on any atom is -0.497 e. The van der Waals surface area contributed by atoms with E-state index in [0.29, 0.717) is 18.6 Å². The Hall–Kier alpha value is -3.76. The van der Waals surface area contributed by atoms with Gasteiger partial charge in [0, 0.05) is 17.6 Å². The first-order chi connectivity index (χ1) is 20.0. The highest BCUT2D eigenvalue weighted by Gasteiger charge is 2.35. The van der Waals surface area contributed by atoms with E-state index in [2.05, 4.69) is 5.32 Å². The zero-order chi connectivity index (χ0) is 30.9. The van der Waals surface area contributed by atoms with E-state index in [1.165, 1.54) is 30.2 Å². The van der Waals surface area contributed by atoms with Crippen molar-refractivity contribution in [3.8, 4) is 11.5 Å². The molecule has 0 aromatic heterocycles. The number of carbonyl (C=O) groups is 2. The Morgan fingerprint density at radius 2 is 1.60 bits per heavy atom. The number of halogens is 1. The third-order valence-corrected chi connectivity index (χ3v) is 8.93. The van der Waals surface area contributed by atoms with E-state index < -0.39 is 28.5 Å². The summed E-state index contributed by atoms with van der Waals surface area (Å²) in [5.41, 5.74) is 0.848. The third-order valence-electron chi connectivity index (χ3n) is 6.92. The number of nitrogens with one attached hydrogen (secondary N) is 1. The molecule has 0 unspecified atom stereocenters. The van der Waals surface area contributed by atoms with Crippen molar-refractivity contribution in [3.05, 3.63) is 83.4 Å². The van der Waals surface area contributed by atoms with Crippen LogP contribution in [0.5, 0.6) is 11.5 Å². The fraction of sp³-hybridized carbons (Fsp3) is 0.355. The number of methoxy groups -OCH3 is 2. The maximum atomic E-state index is 14.2. The number of hydrogen-bond acceptors (Lipinski definition) is 6. The van der Waals surface area contributed by atoms with Crippen LogP contribution in [0, 0.1) is 0 Å². The number of anilines is 1. The van der Waals surface area contributed by atoms with E-state index in [4.69, 9.17) is 21.1 Å². The van der Waals surface area contributed by atoms with Crippen LogP contribution in [0.1, 0.15) is 39.2 Å². The summed E-state index contributed by atoms with van der Waals surface area (Å²) in [7, 11) is -1.29. The Bertz CT molecular complexity index is 1450. The topological polar surface area (TPSA) is 105 Å². The predicted octanol–water partition coefficient (Wildman–Crippen LogP) is 5.27. The van der Waals surface area contributed by atoms with Crippen molar-refractivity contribution in [1.29, 1.82) is 0 Å². The molecule has 0 aliphatic carbocycles. The van der Waals surface area contributed by atoms with Gasteiger partial charge in [-0.3, -0.25) is 13.9 Å². The van der Waals surface area contributed by atoms with Crippen molar-refractivity contribution < 1.29 is 27.5 Å². The molecular formula is C31H38ClN3O6S. The van der Waals surface area contributed by atoms with E-state index in [1.807, 2.05) is 20.8 Å². The molecule has 3 aromatic carbocycles. The maximum Gasteiger partial charge on any atom is 0.264 e. The minimum absolute atomic E-state index is 0.0110. The molecule has 0 bridgehead atoms. The Morgan fingerprint density at radius 1 is 0.929 bits per heavy atom. The molecule has 3 aromatic rings. The molecule has 0 heterocycles. The van der Waals surface area contributed by atoms with Crippen LogP contribution in [0.3, 0.4) is 0 Å². The molecule has 2 amide bonds. The van der Waals surface area contributed by atoms with E-state index in [1.54, 1.807) is 61.7 Å². The van der Waals surface area contributed by atoms with Crippen molar-refractivity contribution in [1.82, 2.24) is 10.2 Å². The summed E-state index contributed by atoms with van der Waals surface area (Å²) in [5, 5.41) is 3.23. The molecule has 0 fully saturated rings. The van der Waals surface area contributed by atoms with Crippen LogP contribution in [0.15, 0.2) is 77.7 Å². The second kappa shape index (κ2) is 14.9. The molecule has 3 rings (SSSR count). The monoisotopic (exact) mass is 615 g/mol. The summed E-state index contributed by atoms with van der Waals surface area (Å²) in [6.07, 6.45) is 1.03. The number of sulfonamides is 1. The summed E-state index contributed by atoms with van der Waals surface area (Å²) in [5.74, 6) is -0.0219. The number of carbonyl (C=O) groups excluding carboxylic acids is 2. The summed E-state index contributed by atoms with van der Waals surface area (Å²) in [6, 6.07) is 18.5. The van der Waals surface area contributed by atoms with Crippen molar-refractivity contribution >= 4 is 39.1 Å². The molecule has 0 aliphatic rings. The molecule has 0 aliphatic heterocycles. The van der Waals surface area contributed by atoms with Gasteiger partial charge >= 0.3 is 0 Å². The Balaban J connectivity index is 2.11. The van der Waals surface area contributed by atoms with Gasteiger partial charge in [0.25, 0.3) is 10.0 Å². The number of rotatable bonds is 14. The lowest BCUT2D eigenvalue weighted by atomic mass is 10.1. The molecule has 0 saturated heterocycles. The van der Waals surface area contributed by atoms with Gasteiger partial charge in [-0.05, 0) is 67.8 Å². The number of hydrogen-bond donors (Lipinski definition) is 1. The van der Waals surface area contributed by atoms with Crippen LogP contribution in [0.25, 0.3) is 0 Å². The molecule has 0 saturated carbocycles. The number of nitrogens with zero attached hydrogens (tertiary/aromatic N) is 2. The largest absolute Gasteiger partial charge is 0.497 e. The van der Waals surface area contributed by atoms with E-state index in [0.717, 1.165) is 9.87 Å². The van der Waals surface area contributed by atoms with Gasteiger partial charge in [0.2, 0.25) is 11.8 Å². The van der Waals surface area contributed by atoms with Gasteiger partial charge in [-0.2, -0.15) is 0 Å². The lowest BCUT2D eigenvalue weighted by Gasteiger charge is -2.34. The Kier molecular flexibility index (Phi) is 11.6. The molecule has 226 valence electrons. The quantitative estimate of drug-likeness (QED) is 0.265. The first-order valence-corrected chi connectivity index (χ1v) is 15.5. The second-order valence-electron chi connectivity index (χ2n) is 9.75. The van der Waals surface area contributed by atoms with Crippen LogP contribution < -0.4 is 19.1 Å². The zero-order valence-corrected chi connectivity index (χ0v) is 26.1. The molecular weight excluding hydrogens is 578 g/mol. The Labute approximate surface area is 253 Å². The molecule has 1 N–H and O–H groups in total.